The lowest BCUT2D eigenvalue weighted by atomic mass is 9.96. The highest BCUT2D eigenvalue weighted by molar-refractivity contribution is 7.81. The molecule has 2 atom stereocenters. The van der Waals surface area contributed by atoms with Crippen molar-refractivity contribution in [2.75, 3.05) is 0 Å². The van der Waals surface area contributed by atoms with Crippen LogP contribution in [0.25, 0.3) is 0 Å². The van der Waals surface area contributed by atoms with Crippen LogP contribution in [0.5, 0.6) is 0 Å². The molecule has 1 nitrogen and oxygen atoms in total. The third-order valence-corrected chi connectivity index (χ3v) is 2.42. The van der Waals surface area contributed by atoms with E-state index in [9.17, 15) is 0 Å². The van der Waals surface area contributed by atoms with E-state index in [2.05, 4.69) is 12.6 Å². The fourth-order valence-electron chi connectivity index (χ4n) is 1.14. The molecule has 2 heteroatoms. The normalized spacial score (nSPS) is 39.8. The lowest BCUT2D eigenvalue weighted by Crippen LogP contribution is -2.33. The Morgan fingerprint density at radius 1 is 1.25 bits per heavy atom. The van der Waals surface area contributed by atoms with Crippen molar-refractivity contribution in [3.63, 3.8) is 0 Å². The maximum absolute atomic E-state index is 5.70. The average molecular weight is 131 g/mol. The Labute approximate surface area is 56.1 Å². The fraction of sp³-hybridized carbons (Fsp3) is 1.00. The molecular formula is C6H13NS. The van der Waals surface area contributed by atoms with Gasteiger partial charge in [0.15, 0.2) is 0 Å². The molecule has 0 bridgehead atoms. The monoisotopic (exact) mass is 131 g/mol. The van der Waals surface area contributed by atoms with Crippen molar-refractivity contribution in [1.29, 1.82) is 0 Å². The first-order valence-corrected chi connectivity index (χ1v) is 3.76. The van der Waals surface area contributed by atoms with Gasteiger partial charge in [0.05, 0.1) is 0 Å². The van der Waals surface area contributed by atoms with E-state index < -0.39 is 0 Å². The van der Waals surface area contributed by atoms with E-state index >= 15 is 0 Å². The van der Waals surface area contributed by atoms with Gasteiger partial charge < -0.3 is 5.73 Å². The van der Waals surface area contributed by atoms with Gasteiger partial charge in [0, 0.05) is 11.3 Å². The highest BCUT2D eigenvalue weighted by Crippen LogP contribution is 2.20. The molecule has 0 amide bonds. The summed E-state index contributed by atoms with van der Waals surface area (Å²) in [5.74, 6) is 0. The topological polar surface area (TPSA) is 26.0 Å². The number of nitrogens with two attached hydrogens (primary N) is 1. The second kappa shape index (κ2) is 2.74. The van der Waals surface area contributed by atoms with Gasteiger partial charge in [-0.05, 0) is 12.8 Å². The van der Waals surface area contributed by atoms with Crippen LogP contribution in [0, 0.1) is 0 Å². The predicted octanol–water partition coefficient (Wildman–Crippen LogP) is 1.19. The van der Waals surface area contributed by atoms with Crippen LogP contribution >= 0.6 is 12.6 Å². The highest BCUT2D eigenvalue weighted by Gasteiger charge is 2.16. The van der Waals surface area contributed by atoms with E-state index in [-0.39, 0.29) is 0 Å². The van der Waals surface area contributed by atoms with Gasteiger partial charge >= 0.3 is 0 Å². The van der Waals surface area contributed by atoms with Crippen molar-refractivity contribution >= 4 is 12.6 Å². The first-order chi connectivity index (χ1) is 3.80. The zero-order chi connectivity index (χ0) is 5.98. The van der Waals surface area contributed by atoms with Crippen LogP contribution in [0.2, 0.25) is 0 Å². The lowest BCUT2D eigenvalue weighted by molar-refractivity contribution is 0.455. The molecule has 8 heavy (non-hydrogen) atoms. The van der Waals surface area contributed by atoms with Crippen LogP contribution in [0.4, 0.5) is 0 Å². The quantitative estimate of drug-likeness (QED) is 0.474. The van der Waals surface area contributed by atoms with Crippen molar-refractivity contribution < 1.29 is 0 Å². The molecule has 1 aliphatic rings. The molecule has 0 spiro atoms. The first kappa shape index (κ1) is 6.43. The number of rotatable bonds is 0. The molecule has 0 aromatic heterocycles. The van der Waals surface area contributed by atoms with Gasteiger partial charge in [-0.3, -0.25) is 0 Å². The average Bonchev–Trinajstić information content (AvgIpc) is 1.77. The summed E-state index contributed by atoms with van der Waals surface area (Å²) < 4.78 is 0. The third kappa shape index (κ3) is 1.39. The molecule has 1 fully saturated rings. The molecule has 1 saturated carbocycles. The minimum Gasteiger partial charge on any atom is -0.327 e. The van der Waals surface area contributed by atoms with Crippen LogP contribution in [0.3, 0.4) is 0 Å². The third-order valence-electron chi connectivity index (χ3n) is 1.78. The smallest absolute Gasteiger partial charge is 0.0168 e. The minimum atomic E-state index is 0.368. The molecular weight excluding hydrogens is 118 g/mol. The van der Waals surface area contributed by atoms with Gasteiger partial charge in [-0.15, -0.1) is 0 Å². The zero-order valence-electron chi connectivity index (χ0n) is 5.01. The Morgan fingerprint density at radius 3 is 2.25 bits per heavy atom. The van der Waals surface area contributed by atoms with E-state index in [1.165, 1.54) is 25.7 Å². The molecule has 0 heterocycles. The zero-order valence-corrected chi connectivity index (χ0v) is 5.90. The van der Waals surface area contributed by atoms with E-state index in [4.69, 9.17) is 5.73 Å². The summed E-state index contributed by atoms with van der Waals surface area (Å²) >= 11 is 4.33. The highest BCUT2D eigenvalue weighted by atomic mass is 32.1. The Balaban J connectivity index is 2.28. The second-order valence-electron chi connectivity index (χ2n) is 2.52. The van der Waals surface area contributed by atoms with Crippen LogP contribution in [0.1, 0.15) is 25.7 Å². The molecule has 0 saturated heterocycles. The summed E-state index contributed by atoms with van der Waals surface area (Å²) in [5.41, 5.74) is 5.70. The van der Waals surface area contributed by atoms with Gasteiger partial charge in [0.1, 0.15) is 0 Å². The summed E-state index contributed by atoms with van der Waals surface area (Å²) in [4.78, 5) is 0. The Kier molecular flexibility index (Phi) is 2.20. The second-order valence-corrected chi connectivity index (χ2v) is 3.18. The largest absolute Gasteiger partial charge is 0.327 e. The van der Waals surface area contributed by atoms with E-state index in [0.29, 0.717) is 11.3 Å². The Bertz CT molecular complexity index is 64.9. The molecule has 1 rings (SSSR count). The number of thiol groups is 1. The van der Waals surface area contributed by atoms with E-state index in [1.807, 2.05) is 0 Å². The molecule has 1 aliphatic carbocycles. The van der Waals surface area contributed by atoms with Crippen molar-refractivity contribution in [2.45, 2.75) is 37.0 Å². The predicted molar refractivity (Wildman–Crippen MR) is 39.2 cm³/mol. The first-order valence-electron chi connectivity index (χ1n) is 3.24. The Morgan fingerprint density at radius 2 is 1.88 bits per heavy atom. The molecule has 0 aromatic carbocycles. The molecule has 0 aromatic rings. The van der Waals surface area contributed by atoms with Crippen LogP contribution in [-0.2, 0) is 0 Å². The summed E-state index contributed by atoms with van der Waals surface area (Å²) in [7, 11) is 0. The summed E-state index contributed by atoms with van der Waals surface area (Å²) in [6, 6.07) is 0.368. The van der Waals surface area contributed by atoms with E-state index in [0.717, 1.165) is 0 Å². The maximum Gasteiger partial charge on any atom is 0.0168 e. The van der Waals surface area contributed by atoms with Gasteiger partial charge in [-0.25, -0.2) is 0 Å². The molecule has 0 unspecified atom stereocenters. The van der Waals surface area contributed by atoms with Gasteiger partial charge in [0.2, 0.25) is 0 Å². The molecule has 0 radical (unpaired) electrons. The van der Waals surface area contributed by atoms with Gasteiger partial charge in [-0.2, -0.15) is 12.6 Å². The van der Waals surface area contributed by atoms with Crippen LogP contribution in [0.15, 0.2) is 0 Å². The SMILES string of the molecule is N[C@H]1CCCC[C@H]1S. The summed E-state index contributed by atoms with van der Waals surface area (Å²) in [5, 5.41) is 0.476. The number of hydrogen-bond donors (Lipinski definition) is 2. The lowest BCUT2D eigenvalue weighted by Gasteiger charge is -2.23. The fourth-order valence-corrected chi connectivity index (χ4v) is 1.47. The maximum atomic E-state index is 5.70. The van der Waals surface area contributed by atoms with Crippen molar-refractivity contribution in [3.05, 3.63) is 0 Å². The Hall–Kier alpha value is 0.310. The summed E-state index contributed by atoms with van der Waals surface area (Å²) in [6.45, 7) is 0. The molecule has 0 aliphatic heterocycles. The molecule has 48 valence electrons. The van der Waals surface area contributed by atoms with Crippen LogP contribution in [-0.4, -0.2) is 11.3 Å². The van der Waals surface area contributed by atoms with E-state index in [1.54, 1.807) is 0 Å². The molecule has 2 N–H and O–H groups in total. The van der Waals surface area contributed by atoms with Crippen LogP contribution < -0.4 is 5.73 Å². The standard InChI is InChI=1S/C6H13NS/c7-5-3-1-2-4-6(5)8/h5-6,8H,1-4,7H2/t5-,6+/m0/s1. The summed E-state index contributed by atoms with van der Waals surface area (Å²) in [6.07, 6.45) is 5.01. The van der Waals surface area contributed by atoms with Gasteiger partial charge in [0.25, 0.3) is 0 Å². The van der Waals surface area contributed by atoms with Crippen molar-refractivity contribution in [2.24, 2.45) is 5.73 Å². The number of hydrogen-bond acceptors (Lipinski definition) is 2. The van der Waals surface area contributed by atoms with Gasteiger partial charge in [-0.1, -0.05) is 12.8 Å². The van der Waals surface area contributed by atoms with Crippen molar-refractivity contribution in [3.8, 4) is 0 Å². The van der Waals surface area contributed by atoms with Crippen molar-refractivity contribution in [1.82, 2.24) is 0 Å². The minimum absolute atomic E-state index is 0.368.